The molecule has 27 heavy (non-hydrogen) atoms. The van der Waals surface area contributed by atoms with Crippen LogP contribution in [0.4, 0.5) is 0 Å². The Morgan fingerprint density at radius 2 is 2.11 bits per heavy atom. The van der Waals surface area contributed by atoms with Gasteiger partial charge >= 0.3 is 0 Å². The molecule has 140 valence electrons. The van der Waals surface area contributed by atoms with Crippen LogP contribution in [0, 0.1) is 5.92 Å². The number of nitrogens with zero attached hydrogens (tertiary/aromatic N) is 4. The lowest BCUT2D eigenvalue weighted by Crippen LogP contribution is -2.40. The SMILES string of the molecule is O=C(c1ccc2ncsc2c1)N1CCCC(c2nccn2CC2CCC2)C1. The van der Waals surface area contributed by atoms with E-state index in [1.54, 1.807) is 11.3 Å². The number of benzene rings is 1. The number of aromatic nitrogens is 3. The van der Waals surface area contributed by atoms with Gasteiger partial charge in [-0.15, -0.1) is 11.3 Å². The number of carbonyl (C=O) groups is 1. The van der Waals surface area contributed by atoms with Crippen LogP contribution in [0.5, 0.6) is 0 Å². The third-order valence-corrected chi connectivity index (χ3v) is 6.87. The number of thiazole rings is 1. The number of carbonyl (C=O) groups excluding carboxylic acids is 1. The second-order valence-corrected chi connectivity index (χ2v) is 8.75. The van der Waals surface area contributed by atoms with E-state index in [0.717, 1.165) is 60.0 Å². The molecule has 0 radical (unpaired) electrons. The van der Waals surface area contributed by atoms with Gasteiger partial charge in [0, 0.05) is 43.5 Å². The minimum absolute atomic E-state index is 0.132. The Labute approximate surface area is 163 Å². The van der Waals surface area contributed by atoms with E-state index >= 15 is 0 Å². The summed E-state index contributed by atoms with van der Waals surface area (Å²) in [5, 5.41) is 0. The van der Waals surface area contributed by atoms with Crippen molar-refractivity contribution in [1.82, 2.24) is 19.4 Å². The maximum absolute atomic E-state index is 13.1. The standard InChI is InChI=1S/C21H24N4OS/c26-21(16-6-7-18-19(11-16)27-14-23-18)25-9-2-5-17(13-25)20-22-8-10-24(20)12-15-3-1-4-15/h6-8,10-11,14-15,17H,1-5,9,12-13H2. The first-order valence-electron chi connectivity index (χ1n) is 9.91. The van der Waals surface area contributed by atoms with E-state index < -0.39 is 0 Å². The first kappa shape index (κ1) is 16.9. The zero-order chi connectivity index (χ0) is 18.2. The smallest absolute Gasteiger partial charge is 0.253 e. The second-order valence-electron chi connectivity index (χ2n) is 7.86. The molecule has 5 rings (SSSR count). The summed E-state index contributed by atoms with van der Waals surface area (Å²) in [6, 6.07) is 5.84. The van der Waals surface area contributed by atoms with Crippen LogP contribution in [0.2, 0.25) is 0 Å². The molecule has 3 heterocycles. The van der Waals surface area contributed by atoms with Crippen molar-refractivity contribution < 1.29 is 4.79 Å². The van der Waals surface area contributed by atoms with Crippen LogP contribution in [0.25, 0.3) is 10.2 Å². The zero-order valence-electron chi connectivity index (χ0n) is 15.4. The average Bonchev–Trinajstić information content (AvgIpc) is 3.32. The monoisotopic (exact) mass is 380 g/mol. The van der Waals surface area contributed by atoms with E-state index in [4.69, 9.17) is 0 Å². The highest BCUT2D eigenvalue weighted by molar-refractivity contribution is 7.16. The predicted octanol–water partition coefficient (Wildman–Crippen LogP) is 4.31. The van der Waals surface area contributed by atoms with Crippen molar-refractivity contribution in [3.63, 3.8) is 0 Å². The fourth-order valence-corrected chi connectivity index (χ4v) is 5.05. The number of piperidine rings is 1. The Kier molecular flexibility index (Phi) is 4.44. The van der Waals surface area contributed by atoms with Gasteiger partial charge in [-0.1, -0.05) is 6.42 Å². The van der Waals surface area contributed by atoms with Crippen molar-refractivity contribution in [2.24, 2.45) is 5.92 Å². The summed E-state index contributed by atoms with van der Waals surface area (Å²) in [6.45, 7) is 2.68. The Morgan fingerprint density at radius 1 is 1.19 bits per heavy atom. The number of hydrogen-bond donors (Lipinski definition) is 0. The Balaban J connectivity index is 1.33. The van der Waals surface area contributed by atoms with Crippen LogP contribution in [0.15, 0.2) is 36.1 Å². The lowest BCUT2D eigenvalue weighted by Gasteiger charge is -2.33. The number of imidazole rings is 1. The number of fused-ring (bicyclic) bond motifs is 1. The molecule has 1 aliphatic carbocycles. The topological polar surface area (TPSA) is 51.0 Å². The van der Waals surface area contributed by atoms with Crippen LogP contribution >= 0.6 is 11.3 Å². The summed E-state index contributed by atoms with van der Waals surface area (Å²) in [5.41, 5.74) is 3.56. The van der Waals surface area contributed by atoms with Gasteiger partial charge in [-0.3, -0.25) is 4.79 Å². The summed E-state index contributed by atoms with van der Waals surface area (Å²) in [6.07, 6.45) is 10.2. The molecule has 1 saturated carbocycles. The molecule has 2 aliphatic rings. The third kappa shape index (κ3) is 3.27. The molecule has 1 amide bonds. The van der Waals surface area contributed by atoms with E-state index in [-0.39, 0.29) is 5.91 Å². The van der Waals surface area contributed by atoms with Crippen LogP contribution in [-0.2, 0) is 6.54 Å². The summed E-state index contributed by atoms with van der Waals surface area (Å²) >= 11 is 1.58. The first-order valence-corrected chi connectivity index (χ1v) is 10.8. The molecule has 1 saturated heterocycles. The van der Waals surface area contributed by atoms with Gasteiger partial charge in [0.15, 0.2) is 0 Å². The fraction of sp³-hybridized carbons (Fsp3) is 0.476. The van der Waals surface area contributed by atoms with E-state index in [1.807, 2.05) is 34.8 Å². The molecular weight excluding hydrogens is 356 g/mol. The Bertz CT molecular complexity index is 958. The number of rotatable bonds is 4. The molecule has 0 N–H and O–H groups in total. The fourth-order valence-electron chi connectivity index (χ4n) is 4.33. The maximum atomic E-state index is 13.1. The van der Waals surface area contributed by atoms with Crippen LogP contribution < -0.4 is 0 Å². The van der Waals surface area contributed by atoms with Crippen molar-refractivity contribution in [2.75, 3.05) is 13.1 Å². The van der Waals surface area contributed by atoms with Gasteiger partial charge in [-0.05, 0) is 49.8 Å². The molecule has 0 spiro atoms. The van der Waals surface area contributed by atoms with Gasteiger partial charge in [0.2, 0.25) is 0 Å². The van der Waals surface area contributed by atoms with E-state index in [0.29, 0.717) is 5.92 Å². The first-order chi connectivity index (χ1) is 13.3. The Hall–Kier alpha value is -2.21. The zero-order valence-corrected chi connectivity index (χ0v) is 16.2. The molecule has 0 bridgehead atoms. The molecule has 5 nitrogen and oxygen atoms in total. The minimum atomic E-state index is 0.132. The van der Waals surface area contributed by atoms with E-state index in [1.165, 1.54) is 19.3 Å². The normalized spacial score (nSPS) is 20.7. The molecule has 1 aromatic carbocycles. The summed E-state index contributed by atoms with van der Waals surface area (Å²) in [5.74, 6) is 2.44. The number of amides is 1. The molecule has 1 atom stereocenters. The van der Waals surface area contributed by atoms with Gasteiger partial charge in [-0.25, -0.2) is 9.97 Å². The van der Waals surface area contributed by atoms with Crippen molar-refractivity contribution in [2.45, 2.75) is 44.6 Å². The maximum Gasteiger partial charge on any atom is 0.253 e. The van der Waals surface area contributed by atoms with Crippen LogP contribution in [-0.4, -0.2) is 38.4 Å². The third-order valence-electron chi connectivity index (χ3n) is 6.08. The molecule has 2 fully saturated rings. The predicted molar refractivity (Wildman–Crippen MR) is 107 cm³/mol. The molecule has 6 heteroatoms. The molecule has 1 unspecified atom stereocenters. The van der Waals surface area contributed by atoms with Crippen molar-refractivity contribution in [1.29, 1.82) is 0 Å². The van der Waals surface area contributed by atoms with Gasteiger partial charge in [0.05, 0.1) is 15.7 Å². The molecular formula is C21H24N4OS. The summed E-state index contributed by atoms with van der Waals surface area (Å²) < 4.78 is 3.41. The quantitative estimate of drug-likeness (QED) is 0.678. The minimum Gasteiger partial charge on any atom is -0.338 e. The van der Waals surface area contributed by atoms with E-state index in [9.17, 15) is 4.79 Å². The van der Waals surface area contributed by atoms with Gasteiger partial charge in [-0.2, -0.15) is 0 Å². The highest BCUT2D eigenvalue weighted by Crippen LogP contribution is 2.31. The molecule has 1 aliphatic heterocycles. The van der Waals surface area contributed by atoms with Crippen molar-refractivity contribution in [3.05, 3.63) is 47.5 Å². The highest BCUT2D eigenvalue weighted by atomic mass is 32.1. The van der Waals surface area contributed by atoms with Gasteiger partial charge < -0.3 is 9.47 Å². The second kappa shape index (κ2) is 7.08. The van der Waals surface area contributed by atoms with Crippen LogP contribution in [0.1, 0.15) is 54.2 Å². The number of likely N-dealkylation sites (tertiary alicyclic amines) is 1. The summed E-state index contributed by atoms with van der Waals surface area (Å²) in [7, 11) is 0. The lowest BCUT2D eigenvalue weighted by atomic mass is 9.85. The van der Waals surface area contributed by atoms with Crippen LogP contribution in [0.3, 0.4) is 0 Å². The number of hydrogen-bond acceptors (Lipinski definition) is 4. The highest BCUT2D eigenvalue weighted by Gasteiger charge is 2.29. The lowest BCUT2D eigenvalue weighted by molar-refractivity contribution is 0.0703. The van der Waals surface area contributed by atoms with Crippen molar-refractivity contribution in [3.8, 4) is 0 Å². The summed E-state index contributed by atoms with van der Waals surface area (Å²) in [4.78, 5) is 24.1. The average molecular weight is 381 g/mol. The molecule has 2 aromatic heterocycles. The van der Waals surface area contributed by atoms with E-state index in [2.05, 4.69) is 20.7 Å². The van der Waals surface area contributed by atoms with Crippen molar-refractivity contribution >= 4 is 27.5 Å². The largest absolute Gasteiger partial charge is 0.338 e. The van der Waals surface area contributed by atoms with Gasteiger partial charge in [0.1, 0.15) is 5.82 Å². The van der Waals surface area contributed by atoms with Gasteiger partial charge in [0.25, 0.3) is 5.91 Å². The Morgan fingerprint density at radius 3 is 2.96 bits per heavy atom. The molecule has 3 aromatic rings.